The molecule has 0 radical (unpaired) electrons. The van der Waals surface area contributed by atoms with Gasteiger partial charge in [-0.3, -0.25) is 4.79 Å². The SMILES string of the molecule is COc1ccc(C2SCCN2C(=O)c2cccc(-n3cccn3)c2)cc1Br. The third-order valence-electron chi connectivity index (χ3n) is 4.47. The molecule has 1 unspecified atom stereocenters. The highest BCUT2D eigenvalue weighted by atomic mass is 79.9. The zero-order chi connectivity index (χ0) is 18.8. The summed E-state index contributed by atoms with van der Waals surface area (Å²) in [7, 11) is 1.65. The van der Waals surface area contributed by atoms with Crippen LogP contribution in [0, 0.1) is 0 Å². The summed E-state index contributed by atoms with van der Waals surface area (Å²) in [5, 5.41) is 4.24. The Kier molecular flexibility index (Phi) is 5.22. The van der Waals surface area contributed by atoms with E-state index in [1.807, 2.05) is 59.6 Å². The minimum Gasteiger partial charge on any atom is -0.496 e. The molecule has 2 aromatic carbocycles. The van der Waals surface area contributed by atoms with Crippen molar-refractivity contribution in [3.05, 3.63) is 76.5 Å². The van der Waals surface area contributed by atoms with E-state index in [2.05, 4.69) is 21.0 Å². The van der Waals surface area contributed by atoms with Gasteiger partial charge in [0.05, 0.1) is 17.3 Å². The van der Waals surface area contributed by atoms with Gasteiger partial charge in [-0.15, -0.1) is 11.8 Å². The van der Waals surface area contributed by atoms with Gasteiger partial charge in [-0.05, 0) is 57.9 Å². The lowest BCUT2D eigenvalue weighted by Gasteiger charge is -2.25. The summed E-state index contributed by atoms with van der Waals surface area (Å²) in [6, 6.07) is 15.4. The first-order chi connectivity index (χ1) is 13.2. The number of nitrogens with zero attached hydrogens (tertiary/aromatic N) is 3. The molecule has 27 heavy (non-hydrogen) atoms. The second kappa shape index (κ2) is 7.78. The van der Waals surface area contributed by atoms with E-state index >= 15 is 0 Å². The van der Waals surface area contributed by atoms with Gasteiger partial charge >= 0.3 is 0 Å². The number of aromatic nitrogens is 2. The third kappa shape index (κ3) is 3.61. The number of rotatable bonds is 4. The molecule has 0 saturated carbocycles. The maximum Gasteiger partial charge on any atom is 0.255 e. The van der Waals surface area contributed by atoms with Gasteiger partial charge in [0.2, 0.25) is 0 Å². The van der Waals surface area contributed by atoms with Crippen molar-refractivity contribution in [3.63, 3.8) is 0 Å². The number of methoxy groups -OCH3 is 1. The van der Waals surface area contributed by atoms with E-state index in [9.17, 15) is 4.79 Å². The quantitative estimate of drug-likeness (QED) is 0.593. The standard InChI is InChI=1S/C20H18BrN3O2S/c1-26-18-7-6-15(13-17(18)21)20-23(10-11-27-20)19(25)14-4-2-5-16(12-14)24-9-3-8-22-24/h2-9,12-13,20H,10-11H2,1H3. The smallest absolute Gasteiger partial charge is 0.255 e. The van der Waals surface area contributed by atoms with Gasteiger partial charge < -0.3 is 9.64 Å². The number of carbonyl (C=O) groups is 1. The molecule has 138 valence electrons. The number of thioether (sulfide) groups is 1. The number of ether oxygens (including phenoxy) is 1. The minimum atomic E-state index is -0.00642. The Morgan fingerprint density at radius 2 is 2.15 bits per heavy atom. The Hall–Kier alpha value is -2.25. The Bertz CT molecular complexity index is 962. The number of halogens is 1. The molecular weight excluding hydrogens is 426 g/mol. The van der Waals surface area contributed by atoms with Crippen molar-refractivity contribution in [3.8, 4) is 11.4 Å². The van der Waals surface area contributed by atoms with E-state index in [0.717, 1.165) is 33.8 Å². The van der Waals surface area contributed by atoms with Crippen LogP contribution in [0.25, 0.3) is 5.69 Å². The zero-order valence-corrected chi connectivity index (χ0v) is 17.1. The van der Waals surface area contributed by atoms with Gasteiger partial charge in [0.15, 0.2) is 0 Å². The Balaban J connectivity index is 1.61. The van der Waals surface area contributed by atoms with Gasteiger partial charge in [-0.25, -0.2) is 4.68 Å². The summed E-state index contributed by atoms with van der Waals surface area (Å²) in [6.07, 6.45) is 3.59. The largest absolute Gasteiger partial charge is 0.496 e. The zero-order valence-electron chi connectivity index (χ0n) is 14.7. The lowest BCUT2D eigenvalue weighted by atomic mass is 10.1. The summed E-state index contributed by atoms with van der Waals surface area (Å²) in [4.78, 5) is 15.1. The molecule has 1 aliphatic rings. The summed E-state index contributed by atoms with van der Waals surface area (Å²) < 4.78 is 7.96. The molecule has 0 bridgehead atoms. The van der Waals surface area contributed by atoms with Gasteiger partial charge in [-0.2, -0.15) is 5.10 Å². The van der Waals surface area contributed by atoms with Crippen LogP contribution >= 0.6 is 27.7 Å². The first-order valence-corrected chi connectivity index (χ1v) is 10.4. The second-order valence-electron chi connectivity index (χ2n) is 6.12. The fourth-order valence-corrected chi connectivity index (χ4v) is 4.96. The average Bonchev–Trinajstić information content (AvgIpc) is 3.39. The van der Waals surface area contributed by atoms with Crippen molar-refractivity contribution in [2.75, 3.05) is 19.4 Å². The summed E-state index contributed by atoms with van der Waals surface area (Å²) >= 11 is 5.32. The lowest BCUT2D eigenvalue weighted by Crippen LogP contribution is -2.30. The van der Waals surface area contributed by atoms with Crippen LogP contribution in [-0.2, 0) is 0 Å². The molecule has 0 aliphatic carbocycles. The van der Waals surface area contributed by atoms with Gasteiger partial charge in [0.25, 0.3) is 5.91 Å². The van der Waals surface area contributed by atoms with Gasteiger partial charge in [0.1, 0.15) is 11.1 Å². The molecule has 4 rings (SSSR count). The monoisotopic (exact) mass is 443 g/mol. The van der Waals surface area contributed by atoms with Crippen LogP contribution in [0.5, 0.6) is 5.75 Å². The van der Waals surface area contributed by atoms with Crippen LogP contribution in [0.2, 0.25) is 0 Å². The molecule has 7 heteroatoms. The normalized spacial score (nSPS) is 16.5. The molecule has 2 heterocycles. The predicted molar refractivity (Wildman–Crippen MR) is 110 cm³/mol. The summed E-state index contributed by atoms with van der Waals surface area (Å²) in [5.74, 6) is 1.73. The number of carbonyl (C=O) groups excluding carboxylic acids is 1. The van der Waals surface area contributed by atoms with Crippen molar-refractivity contribution in [1.82, 2.24) is 14.7 Å². The fraction of sp³-hybridized carbons (Fsp3) is 0.200. The first-order valence-electron chi connectivity index (χ1n) is 8.53. The van der Waals surface area contributed by atoms with Crippen molar-refractivity contribution < 1.29 is 9.53 Å². The molecule has 1 aromatic heterocycles. The maximum atomic E-state index is 13.2. The molecule has 1 atom stereocenters. The third-order valence-corrected chi connectivity index (χ3v) is 6.36. The maximum absolute atomic E-state index is 13.2. The van der Waals surface area contributed by atoms with Gasteiger partial charge in [0, 0.05) is 30.3 Å². The molecule has 5 nitrogen and oxygen atoms in total. The van der Waals surface area contributed by atoms with E-state index in [4.69, 9.17) is 4.74 Å². The Morgan fingerprint density at radius 3 is 2.89 bits per heavy atom. The van der Waals surface area contributed by atoms with E-state index in [1.54, 1.807) is 29.8 Å². The lowest BCUT2D eigenvalue weighted by molar-refractivity contribution is 0.0760. The minimum absolute atomic E-state index is 0.00642. The van der Waals surface area contributed by atoms with Crippen LogP contribution in [0.15, 0.2) is 65.4 Å². The van der Waals surface area contributed by atoms with E-state index in [1.165, 1.54) is 0 Å². The van der Waals surface area contributed by atoms with Crippen LogP contribution in [-0.4, -0.2) is 40.0 Å². The molecular formula is C20H18BrN3O2S. The predicted octanol–water partition coefficient (Wildman–Crippen LogP) is 4.53. The molecule has 1 saturated heterocycles. The van der Waals surface area contributed by atoms with E-state index in [0.29, 0.717) is 5.56 Å². The number of hydrogen-bond acceptors (Lipinski definition) is 4. The van der Waals surface area contributed by atoms with Crippen LogP contribution < -0.4 is 4.74 Å². The molecule has 0 N–H and O–H groups in total. The molecule has 0 spiro atoms. The number of amides is 1. The highest BCUT2D eigenvalue weighted by molar-refractivity contribution is 9.10. The van der Waals surface area contributed by atoms with Crippen molar-refractivity contribution >= 4 is 33.6 Å². The number of hydrogen-bond donors (Lipinski definition) is 0. The van der Waals surface area contributed by atoms with Crippen molar-refractivity contribution in [2.24, 2.45) is 0 Å². The topological polar surface area (TPSA) is 47.4 Å². The van der Waals surface area contributed by atoms with Crippen LogP contribution in [0.4, 0.5) is 0 Å². The first kappa shape index (κ1) is 18.1. The van der Waals surface area contributed by atoms with E-state index in [-0.39, 0.29) is 11.3 Å². The van der Waals surface area contributed by atoms with Crippen molar-refractivity contribution in [1.29, 1.82) is 0 Å². The highest BCUT2D eigenvalue weighted by Crippen LogP contribution is 2.41. The molecule has 1 fully saturated rings. The van der Waals surface area contributed by atoms with Gasteiger partial charge in [-0.1, -0.05) is 12.1 Å². The summed E-state index contributed by atoms with van der Waals surface area (Å²) in [6.45, 7) is 0.726. The van der Waals surface area contributed by atoms with Crippen LogP contribution in [0.3, 0.4) is 0 Å². The number of benzene rings is 2. The van der Waals surface area contributed by atoms with E-state index < -0.39 is 0 Å². The van der Waals surface area contributed by atoms with Crippen LogP contribution in [0.1, 0.15) is 21.3 Å². The van der Waals surface area contributed by atoms with Crippen molar-refractivity contribution in [2.45, 2.75) is 5.37 Å². The Labute approximate surface area is 170 Å². The fourth-order valence-electron chi connectivity index (χ4n) is 3.16. The Morgan fingerprint density at radius 1 is 1.26 bits per heavy atom. The second-order valence-corrected chi connectivity index (χ2v) is 8.16. The molecule has 1 amide bonds. The average molecular weight is 444 g/mol. The molecule has 3 aromatic rings. The summed E-state index contributed by atoms with van der Waals surface area (Å²) in [5.41, 5.74) is 2.63. The molecule has 1 aliphatic heterocycles. The highest BCUT2D eigenvalue weighted by Gasteiger charge is 2.31.